The quantitative estimate of drug-likeness (QED) is 0.779. The molecule has 1 unspecified atom stereocenters. The van der Waals surface area contributed by atoms with Crippen LogP contribution >= 0.6 is 0 Å². The molecule has 1 aromatic carbocycles. The normalized spacial score (nSPS) is 15.5. The lowest BCUT2D eigenvalue weighted by Crippen LogP contribution is -2.15. The summed E-state index contributed by atoms with van der Waals surface area (Å²) in [7, 11) is 1.77. The molecule has 0 saturated heterocycles. The van der Waals surface area contributed by atoms with Crippen molar-refractivity contribution in [3.05, 3.63) is 47.5 Å². The fourth-order valence-corrected chi connectivity index (χ4v) is 2.99. The fraction of sp³-hybridized carbons (Fsp3) is 0.333. The van der Waals surface area contributed by atoms with Crippen LogP contribution in [-0.2, 0) is 11.2 Å². The highest BCUT2D eigenvalue weighted by Gasteiger charge is 2.22. The van der Waals surface area contributed by atoms with Crippen molar-refractivity contribution in [1.29, 1.82) is 0 Å². The van der Waals surface area contributed by atoms with Crippen molar-refractivity contribution in [3.8, 4) is 0 Å². The van der Waals surface area contributed by atoms with E-state index in [1.165, 1.54) is 11.1 Å². The van der Waals surface area contributed by atoms with E-state index < -0.39 is 6.09 Å². The van der Waals surface area contributed by atoms with Crippen molar-refractivity contribution in [1.82, 2.24) is 4.98 Å². The molecule has 1 heterocycles. The van der Waals surface area contributed by atoms with Crippen molar-refractivity contribution in [3.63, 3.8) is 0 Å². The molecule has 3 N–H and O–H groups in total. The molecule has 1 aliphatic rings. The second-order valence-corrected chi connectivity index (χ2v) is 5.62. The largest absolute Gasteiger partial charge is 0.450 e. The molecule has 6 nitrogen and oxygen atoms in total. The van der Waals surface area contributed by atoms with Gasteiger partial charge in [-0.3, -0.25) is 5.32 Å². The summed E-state index contributed by atoms with van der Waals surface area (Å²) in [5.74, 6) is 1.37. The molecule has 1 amide bonds. The minimum atomic E-state index is -0.485. The fourth-order valence-electron chi connectivity index (χ4n) is 2.99. The number of hydrogen-bond donors (Lipinski definition) is 3. The molecular formula is C18H22N4O2. The third-order valence-corrected chi connectivity index (χ3v) is 4.10. The van der Waals surface area contributed by atoms with Crippen LogP contribution in [0.1, 0.15) is 30.5 Å². The standard InChI is InChI=1S/C18H22N4O2/c1-3-24-18(23)21-15-10-11-16(22-17(15)19-2)20-14-9-8-12-6-4-5-7-13(12)14/h4-7,10-11,14H,3,8-9H2,1-2H3,(H,21,23)(H2,19,20,22). The molecular weight excluding hydrogens is 304 g/mol. The molecule has 0 radical (unpaired) electrons. The van der Waals surface area contributed by atoms with E-state index in [1.807, 2.05) is 12.1 Å². The van der Waals surface area contributed by atoms with Crippen molar-refractivity contribution in [2.45, 2.75) is 25.8 Å². The molecule has 0 saturated carbocycles. The number of carbonyl (C=O) groups is 1. The molecule has 0 bridgehead atoms. The predicted molar refractivity (Wildman–Crippen MR) is 95.6 cm³/mol. The van der Waals surface area contributed by atoms with Crippen molar-refractivity contribution < 1.29 is 9.53 Å². The number of rotatable bonds is 5. The Balaban J connectivity index is 1.74. The van der Waals surface area contributed by atoms with Gasteiger partial charge in [-0.2, -0.15) is 0 Å². The van der Waals surface area contributed by atoms with E-state index in [0.29, 0.717) is 18.1 Å². The topological polar surface area (TPSA) is 75.3 Å². The average Bonchev–Trinajstić information content (AvgIpc) is 2.99. The van der Waals surface area contributed by atoms with Crippen LogP contribution in [0.5, 0.6) is 0 Å². The second-order valence-electron chi connectivity index (χ2n) is 5.62. The van der Waals surface area contributed by atoms with Gasteiger partial charge in [0.15, 0.2) is 5.82 Å². The van der Waals surface area contributed by atoms with Crippen LogP contribution in [0.2, 0.25) is 0 Å². The van der Waals surface area contributed by atoms with Gasteiger partial charge in [-0.25, -0.2) is 9.78 Å². The zero-order chi connectivity index (χ0) is 16.9. The monoisotopic (exact) mass is 326 g/mol. The first kappa shape index (κ1) is 16.1. The number of amides is 1. The zero-order valence-electron chi connectivity index (χ0n) is 13.9. The first-order valence-corrected chi connectivity index (χ1v) is 8.18. The van der Waals surface area contributed by atoms with Crippen LogP contribution in [0.3, 0.4) is 0 Å². The summed E-state index contributed by atoms with van der Waals surface area (Å²) >= 11 is 0. The van der Waals surface area contributed by atoms with E-state index in [9.17, 15) is 4.79 Å². The van der Waals surface area contributed by atoms with E-state index in [4.69, 9.17) is 4.74 Å². The Labute approximate surface area is 141 Å². The summed E-state index contributed by atoms with van der Waals surface area (Å²) in [5.41, 5.74) is 3.32. The first-order chi connectivity index (χ1) is 11.7. The maximum Gasteiger partial charge on any atom is 0.411 e. The second kappa shape index (κ2) is 7.21. The molecule has 0 aliphatic heterocycles. The molecule has 1 aliphatic carbocycles. The summed E-state index contributed by atoms with van der Waals surface area (Å²) in [6.07, 6.45) is 1.65. The highest BCUT2D eigenvalue weighted by molar-refractivity contribution is 5.88. The number of ether oxygens (including phenoxy) is 1. The van der Waals surface area contributed by atoms with Gasteiger partial charge < -0.3 is 15.4 Å². The number of nitrogens with one attached hydrogen (secondary N) is 3. The first-order valence-electron chi connectivity index (χ1n) is 8.18. The van der Waals surface area contributed by atoms with Crippen LogP contribution in [0.4, 0.5) is 22.1 Å². The van der Waals surface area contributed by atoms with E-state index in [1.54, 1.807) is 14.0 Å². The average molecular weight is 326 g/mol. The Kier molecular flexibility index (Phi) is 4.84. The Hall–Kier alpha value is -2.76. The number of anilines is 3. The van der Waals surface area contributed by atoms with E-state index in [-0.39, 0.29) is 6.04 Å². The van der Waals surface area contributed by atoms with Gasteiger partial charge in [-0.15, -0.1) is 0 Å². The molecule has 1 atom stereocenters. The lowest BCUT2D eigenvalue weighted by Gasteiger charge is -2.17. The molecule has 2 aromatic rings. The zero-order valence-corrected chi connectivity index (χ0v) is 13.9. The molecule has 1 aromatic heterocycles. The smallest absolute Gasteiger partial charge is 0.411 e. The number of aromatic nitrogens is 1. The van der Waals surface area contributed by atoms with E-state index in [0.717, 1.165) is 18.7 Å². The van der Waals surface area contributed by atoms with Crippen molar-refractivity contribution in [2.75, 3.05) is 29.6 Å². The van der Waals surface area contributed by atoms with Gasteiger partial charge >= 0.3 is 6.09 Å². The Morgan fingerprint density at radius 2 is 2.12 bits per heavy atom. The number of carbonyl (C=O) groups excluding carboxylic acids is 1. The van der Waals surface area contributed by atoms with Crippen LogP contribution in [0.15, 0.2) is 36.4 Å². The molecule has 24 heavy (non-hydrogen) atoms. The summed E-state index contributed by atoms with van der Waals surface area (Å²) in [5, 5.41) is 9.17. The minimum absolute atomic E-state index is 0.266. The van der Waals surface area contributed by atoms with E-state index >= 15 is 0 Å². The van der Waals surface area contributed by atoms with Crippen molar-refractivity contribution in [2.24, 2.45) is 0 Å². The molecule has 0 fully saturated rings. The van der Waals surface area contributed by atoms with Gasteiger partial charge in [-0.05, 0) is 43.0 Å². The number of nitrogens with zero attached hydrogens (tertiary/aromatic N) is 1. The number of pyridine rings is 1. The number of fused-ring (bicyclic) bond motifs is 1. The molecule has 3 rings (SSSR count). The van der Waals surface area contributed by atoms with Gasteiger partial charge in [0.05, 0.1) is 18.3 Å². The summed E-state index contributed by atoms with van der Waals surface area (Å²) < 4.78 is 4.90. The van der Waals surface area contributed by atoms with Crippen LogP contribution in [0.25, 0.3) is 0 Å². The maximum atomic E-state index is 11.6. The van der Waals surface area contributed by atoms with Gasteiger partial charge in [0.2, 0.25) is 0 Å². The third kappa shape index (κ3) is 3.42. The van der Waals surface area contributed by atoms with Crippen LogP contribution in [-0.4, -0.2) is 24.7 Å². The Bertz CT molecular complexity index is 733. The van der Waals surface area contributed by atoms with Gasteiger partial charge in [0, 0.05) is 7.05 Å². The van der Waals surface area contributed by atoms with Crippen LogP contribution < -0.4 is 16.0 Å². The summed E-state index contributed by atoms with van der Waals surface area (Å²) in [6.45, 7) is 2.10. The predicted octanol–water partition coefficient (Wildman–Crippen LogP) is 3.79. The van der Waals surface area contributed by atoms with Gasteiger partial charge in [0.1, 0.15) is 5.82 Å². The number of hydrogen-bond acceptors (Lipinski definition) is 5. The number of aryl methyl sites for hydroxylation is 1. The maximum absolute atomic E-state index is 11.6. The van der Waals surface area contributed by atoms with Crippen molar-refractivity contribution >= 4 is 23.4 Å². The lowest BCUT2D eigenvalue weighted by molar-refractivity contribution is 0.168. The van der Waals surface area contributed by atoms with E-state index in [2.05, 4.69) is 45.2 Å². The summed E-state index contributed by atoms with van der Waals surface area (Å²) in [4.78, 5) is 16.1. The molecule has 0 spiro atoms. The summed E-state index contributed by atoms with van der Waals surface area (Å²) in [6, 6.07) is 12.4. The minimum Gasteiger partial charge on any atom is -0.450 e. The molecule has 126 valence electrons. The van der Waals surface area contributed by atoms with Gasteiger partial charge in [0.25, 0.3) is 0 Å². The van der Waals surface area contributed by atoms with Gasteiger partial charge in [-0.1, -0.05) is 24.3 Å². The lowest BCUT2D eigenvalue weighted by atomic mass is 10.1. The third-order valence-electron chi connectivity index (χ3n) is 4.10. The Morgan fingerprint density at radius 3 is 2.92 bits per heavy atom. The Morgan fingerprint density at radius 1 is 1.29 bits per heavy atom. The molecule has 6 heteroatoms. The highest BCUT2D eigenvalue weighted by atomic mass is 16.5. The highest BCUT2D eigenvalue weighted by Crippen LogP contribution is 2.34. The van der Waals surface area contributed by atoms with Crippen LogP contribution in [0, 0.1) is 0 Å². The SMILES string of the molecule is CCOC(=O)Nc1ccc(NC2CCc3ccccc32)nc1NC. The number of benzene rings is 1.